The van der Waals surface area contributed by atoms with E-state index < -0.39 is 9.84 Å². The molecule has 154 valence electrons. The summed E-state index contributed by atoms with van der Waals surface area (Å²) in [6, 6.07) is 12.4. The van der Waals surface area contributed by atoms with Crippen LogP contribution >= 0.6 is 0 Å². The van der Waals surface area contributed by atoms with Gasteiger partial charge in [-0.2, -0.15) is 5.10 Å². The molecule has 0 saturated carbocycles. The van der Waals surface area contributed by atoms with Gasteiger partial charge >= 0.3 is 0 Å². The number of rotatable bonds is 5. The average Bonchev–Trinajstić information content (AvgIpc) is 3.49. The maximum absolute atomic E-state index is 12.7. The second-order valence-electron chi connectivity index (χ2n) is 7.28. The summed E-state index contributed by atoms with van der Waals surface area (Å²) in [4.78, 5) is 20.3. The number of amides is 1. The summed E-state index contributed by atoms with van der Waals surface area (Å²) in [7, 11) is -3.10. The maximum atomic E-state index is 12.7. The summed E-state index contributed by atoms with van der Waals surface area (Å²) in [6.07, 6.45) is 1.98. The number of hydrogen-bond donors (Lipinski definition) is 2. The van der Waals surface area contributed by atoms with Crippen molar-refractivity contribution >= 4 is 26.8 Å². The van der Waals surface area contributed by atoms with Crippen LogP contribution in [0.15, 0.2) is 53.1 Å². The molecule has 1 aliphatic rings. The topological polar surface area (TPSA) is 123 Å². The Morgan fingerprint density at radius 1 is 1.27 bits per heavy atom. The van der Waals surface area contributed by atoms with Crippen LogP contribution in [0.3, 0.4) is 0 Å². The molecule has 1 amide bonds. The maximum Gasteiger partial charge on any atom is 0.272 e. The minimum Gasteiger partial charge on any atom is -0.463 e. The minimum absolute atomic E-state index is 0.00241. The zero-order valence-corrected chi connectivity index (χ0v) is 16.7. The normalized spacial score (nSPS) is 18.1. The number of sulfone groups is 1. The fourth-order valence-electron chi connectivity index (χ4n) is 3.70. The number of carbonyl (C=O) groups excluding carboxylic acids is 1. The Labute approximate surface area is 172 Å². The van der Waals surface area contributed by atoms with E-state index in [2.05, 4.69) is 20.4 Å². The lowest BCUT2D eigenvalue weighted by Gasteiger charge is -2.11. The molecule has 3 aromatic heterocycles. The molecule has 0 aliphatic carbocycles. The molecule has 4 aromatic rings. The number of para-hydroxylation sites is 2. The standard InChI is InChI=1S/C20H19N5O4S/c26-20(21-11-19-22-14-4-1-2-5-15(14)23-19)16-10-17(18-6-3-8-29-18)25(24-16)13-7-9-30(27,28)12-13/h1-6,8,10,13H,7,9,11-12H2,(H,21,26)(H,22,23). The van der Waals surface area contributed by atoms with Crippen molar-refractivity contribution in [1.82, 2.24) is 25.1 Å². The third-order valence-corrected chi connectivity index (χ3v) is 6.90. The van der Waals surface area contributed by atoms with Crippen molar-refractivity contribution < 1.29 is 17.6 Å². The first kappa shape index (κ1) is 18.6. The van der Waals surface area contributed by atoms with Crippen molar-refractivity contribution in [2.24, 2.45) is 0 Å². The number of H-pyrrole nitrogens is 1. The van der Waals surface area contributed by atoms with Crippen molar-refractivity contribution in [3.05, 3.63) is 60.2 Å². The fourth-order valence-corrected chi connectivity index (χ4v) is 5.40. The van der Waals surface area contributed by atoms with E-state index in [0.717, 1.165) is 11.0 Å². The molecule has 1 aliphatic heterocycles. The van der Waals surface area contributed by atoms with E-state index in [-0.39, 0.29) is 35.7 Å². The molecule has 0 radical (unpaired) electrons. The van der Waals surface area contributed by atoms with Gasteiger partial charge in [0, 0.05) is 6.07 Å². The smallest absolute Gasteiger partial charge is 0.272 e. The summed E-state index contributed by atoms with van der Waals surface area (Å²) in [6.45, 7) is 0.217. The largest absolute Gasteiger partial charge is 0.463 e. The molecule has 30 heavy (non-hydrogen) atoms. The lowest BCUT2D eigenvalue weighted by Crippen LogP contribution is -2.24. The number of furan rings is 1. The molecule has 10 heteroatoms. The Morgan fingerprint density at radius 2 is 2.13 bits per heavy atom. The number of hydrogen-bond acceptors (Lipinski definition) is 6. The number of benzene rings is 1. The van der Waals surface area contributed by atoms with Crippen LogP contribution in [-0.4, -0.2) is 45.6 Å². The summed E-state index contributed by atoms with van der Waals surface area (Å²) in [5.74, 6) is 0.911. The zero-order valence-electron chi connectivity index (χ0n) is 15.9. The van der Waals surface area contributed by atoms with Crippen LogP contribution < -0.4 is 5.32 Å². The second kappa shape index (κ2) is 7.13. The number of carbonyl (C=O) groups is 1. The lowest BCUT2D eigenvalue weighted by atomic mass is 10.2. The third-order valence-electron chi connectivity index (χ3n) is 5.15. The molecule has 4 heterocycles. The minimum atomic E-state index is -3.10. The summed E-state index contributed by atoms with van der Waals surface area (Å²) >= 11 is 0. The molecule has 9 nitrogen and oxygen atoms in total. The first-order chi connectivity index (χ1) is 14.5. The van der Waals surface area contributed by atoms with Gasteiger partial charge in [-0.15, -0.1) is 0 Å². The lowest BCUT2D eigenvalue weighted by molar-refractivity contribution is 0.0944. The monoisotopic (exact) mass is 425 g/mol. The van der Waals surface area contributed by atoms with E-state index in [1.807, 2.05) is 24.3 Å². The Morgan fingerprint density at radius 3 is 2.87 bits per heavy atom. The van der Waals surface area contributed by atoms with Crippen molar-refractivity contribution in [2.45, 2.75) is 19.0 Å². The van der Waals surface area contributed by atoms with Gasteiger partial charge in [-0.25, -0.2) is 13.4 Å². The summed E-state index contributed by atoms with van der Waals surface area (Å²) in [5.41, 5.74) is 2.50. The second-order valence-corrected chi connectivity index (χ2v) is 9.51. The first-order valence-electron chi connectivity index (χ1n) is 9.54. The molecule has 1 unspecified atom stereocenters. The van der Waals surface area contributed by atoms with E-state index >= 15 is 0 Å². The highest BCUT2D eigenvalue weighted by atomic mass is 32.2. The van der Waals surface area contributed by atoms with Crippen molar-refractivity contribution in [2.75, 3.05) is 11.5 Å². The van der Waals surface area contributed by atoms with Gasteiger partial charge in [0.2, 0.25) is 0 Å². The van der Waals surface area contributed by atoms with Crippen molar-refractivity contribution in [3.8, 4) is 11.5 Å². The van der Waals surface area contributed by atoms with Gasteiger partial charge in [-0.05, 0) is 30.7 Å². The van der Waals surface area contributed by atoms with Gasteiger partial charge in [0.25, 0.3) is 5.91 Å². The SMILES string of the molecule is O=C(NCc1nc2ccccc2[nH]1)c1cc(-c2ccco2)n(C2CCS(=O)(=O)C2)n1. The molecular weight excluding hydrogens is 406 g/mol. The Bertz CT molecular complexity index is 1290. The molecule has 1 atom stereocenters. The highest BCUT2D eigenvalue weighted by molar-refractivity contribution is 7.91. The zero-order chi connectivity index (χ0) is 20.7. The fraction of sp³-hybridized carbons (Fsp3) is 0.250. The van der Waals surface area contributed by atoms with Crippen LogP contribution in [-0.2, 0) is 16.4 Å². The Kier molecular flexibility index (Phi) is 4.43. The van der Waals surface area contributed by atoms with Crippen LogP contribution in [0.2, 0.25) is 0 Å². The van der Waals surface area contributed by atoms with E-state index in [1.165, 1.54) is 6.26 Å². The van der Waals surface area contributed by atoms with Crippen molar-refractivity contribution in [1.29, 1.82) is 0 Å². The van der Waals surface area contributed by atoms with Crippen LogP contribution in [0.25, 0.3) is 22.5 Å². The van der Waals surface area contributed by atoms with Gasteiger partial charge in [0.1, 0.15) is 11.5 Å². The molecule has 1 aromatic carbocycles. The van der Waals surface area contributed by atoms with Gasteiger partial charge in [0.15, 0.2) is 21.3 Å². The van der Waals surface area contributed by atoms with Gasteiger partial charge in [0.05, 0.1) is 41.4 Å². The first-order valence-corrected chi connectivity index (χ1v) is 11.4. The number of aromatic amines is 1. The molecular formula is C20H19N5O4S. The van der Waals surface area contributed by atoms with Crippen LogP contribution in [0.5, 0.6) is 0 Å². The van der Waals surface area contributed by atoms with Gasteiger partial charge in [-0.1, -0.05) is 12.1 Å². The van der Waals surface area contributed by atoms with Gasteiger partial charge in [-0.3, -0.25) is 9.48 Å². The van der Waals surface area contributed by atoms with E-state index in [4.69, 9.17) is 4.42 Å². The number of aromatic nitrogens is 4. The average molecular weight is 425 g/mol. The predicted molar refractivity (Wildman–Crippen MR) is 110 cm³/mol. The number of nitrogens with one attached hydrogen (secondary N) is 2. The highest BCUT2D eigenvalue weighted by Crippen LogP contribution is 2.30. The van der Waals surface area contributed by atoms with E-state index in [1.54, 1.807) is 22.9 Å². The molecule has 1 fully saturated rings. The molecule has 1 saturated heterocycles. The number of nitrogens with zero attached hydrogens (tertiary/aromatic N) is 3. The number of imidazole rings is 1. The van der Waals surface area contributed by atoms with Gasteiger partial charge < -0.3 is 14.7 Å². The molecule has 0 bridgehead atoms. The summed E-state index contributed by atoms with van der Waals surface area (Å²) < 4.78 is 30.9. The quantitative estimate of drug-likeness (QED) is 0.506. The Balaban J connectivity index is 1.39. The molecule has 0 spiro atoms. The van der Waals surface area contributed by atoms with E-state index in [9.17, 15) is 13.2 Å². The van der Waals surface area contributed by atoms with Crippen LogP contribution in [0.1, 0.15) is 28.8 Å². The van der Waals surface area contributed by atoms with E-state index in [0.29, 0.717) is 23.7 Å². The predicted octanol–water partition coefficient (Wildman–Crippen LogP) is 2.31. The molecule has 5 rings (SSSR count). The third kappa shape index (κ3) is 3.50. The summed E-state index contributed by atoms with van der Waals surface area (Å²) in [5, 5.41) is 7.23. The highest BCUT2D eigenvalue weighted by Gasteiger charge is 2.32. The molecule has 2 N–H and O–H groups in total. The van der Waals surface area contributed by atoms with Crippen LogP contribution in [0.4, 0.5) is 0 Å². The van der Waals surface area contributed by atoms with Crippen LogP contribution in [0, 0.1) is 0 Å². The van der Waals surface area contributed by atoms with Crippen molar-refractivity contribution in [3.63, 3.8) is 0 Å². The number of fused-ring (bicyclic) bond motifs is 1. The Hall–Kier alpha value is -3.40.